The van der Waals surface area contributed by atoms with Gasteiger partial charge in [0.25, 0.3) is 0 Å². The van der Waals surface area contributed by atoms with Crippen LogP contribution in [0.2, 0.25) is 0 Å². The molecule has 0 aromatic heterocycles. The molecule has 0 aliphatic heterocycles. The highest BCUT2D eigenvalue weighted by Gasteiger charge is 2.19. The third-order valence-corrected chi connectivity index (χ3v) is 9.01. The minimum atomic E-state index is -0.789. The van der Waals surface area contributed by atoms with E-state index in [2.05, 4.69) is 81.5 Å². The molecule has 6 heteroatoms. The number of hydrogen-bond donors (Lipinski definition) is 0. The topological polar surface area (TPSA) is 78.9 Å². The first-order chi connectivity index (χ1) is 26.0. The minimum Gasteiger partial charge on any atom is -0.462 e. The van der Waals surface area contributed by atoms with E-state index < -0.39 is 6.10 Å². The summed E-state index contributed by atoms with van der Waals surface area (Å²) in [6, 6.07) is 0. The Morgan fingerprint density at radius 2 is 0.736 bits per heavy atom. The van der Waals surface area contributed by atoms with E-state index in [0.29, 0.717) is 19.3 Å². The molecule has 6 nitrogen and oxygen atoms in total. The molecular formula is C47H80O6. The fourth-order valence-electron chi connectivity index (χ4n) is 5.72. The molecule has 0 rings (SSSR count). The van der Waals surface area contributed by atoms with Crippen LogP contribution in [0.5, 0.6) is 0 Å². The van der Waals surface area contributed by atoms with Gasteiger partial charge in [0.2, 0.25) is 0 Å². The third kappa shape index (κ3) is 40.1. The van der Waals surface area contributed by atoms with Gasteiger partial charge < -0.3 is 14.2 Å². The van der Waals surface area contributed by atoms with Crippen LogP contribution in [0.3, 0.4) is 0 Å². The molecule has 304 valence electrons. The number of allylic oxidation sites excluding steroid dienone is 10. The zero-order valence-electron chi connectivity index (χ0n) is 34.5. The second kappa shape index (κ2) is 41.9. The maximum Gasteiger partial charge on any atom is 0.306 e. The lowest BCUT2D eigenvalue weighted by molar-refractivity contribution is -0.167. The molecule has 0 N–H and O–H groups in total. The summed E-state index contributed by atoms with van der Waals surface area (Å²) in [4.78, 5) is 37.5. The fourth-order valence-corrected chi connectivity index (χ4v) is 5.72. The van der Waals surface area contributed by atoms with E-state index in [0.717, 1.165) is 96.3 Å². The van der Waals surface area contributed by atoms with Gasteiger partial charge in [-0.25, -0.2) is 0 Å². The number of hydrogen-bond acceptors (Lipinski definition) is 6. The first-order valence-electron chi connectivity index (χ1n) is 21.8. The van der Waals surface area contributed by atoms with Gasteiger partial charge in [-0.1, -0.05) is 159 Å². The molecule has 0 bridgehead atoms. The Hall–Kier alpha value is -2.89. The molecule has 0 aromatic carbocycles. The average Bonchev–Trinajstić information content (AvgIpc) is 3.15. The van der Waals surface area contributed by atoms with E-state index in [1.807, 2.05) is 0 Å². The van der Waals surface area contributed by atoms with Crippen molar-refractivity contribution in [3.8, 4) is 0 Å². The summed E-state index contributed by atoms with van der Waals surface area (Å²) in [6.45, 7) is 6.39. The Bertz CT molecular complexity index is 991. The van der Waals surface area contributed by atoms with E-state index >= 15 is 0 Å². The number of unbranched alkanes of at least 4 members (excludes halogenated alkanes) is 17. The molecule has 0 spiro atoms. The molecule has 0 aromatic rings. The van der Waals surface area contributed by atoms with Crippen LogP contribution in [0, 0.1) is 0 Å². The maximum absolute atomic E-state index is 12.7. The van der Waals surface area contributed by atoms with Crippen LogP contribution in [0.4, 0.5) is 0 Å². The molecule has 1 unspecified atom stereocenters. The molecule has 0 heterocycles. The van der Waals surface area contributed by atoms with E-state index in [4.69, 9.17) is 14.2 Å². The Kier molecular flexibility index (Phi) is 39.6. The van der Waals surface area contributed by atoms with Gasteiger partial charge in [-0.3, -0.25) is 14.4 Å². The molecular weight excluding hydrogens is 661 g/mol. The van der Waals surface area contributed by atoms with Crippen LogP contribution in [0.15, 0.2) is 60.8 Å². The van der Waals surface area contributed by atoms with Gasteiger partial charge in [0.05, 0.1) is 0 Å². The SMILES string of the molecule is CC/C=C\C/C=C\C/C=C\C/C=C\CCCCC(=O)OCC(COC(=O)CCCCCCCC)OC(=O)CCCCCCC/C=C\CCCCCCC. The highest BCUT2D eigenvalue weighted by atomic mass is 16.6. The van der Waals surface area contributed by atoms with Gasteiger partial charge in [-0.05, 0) is 83.5 Å². The van der Waals surface area contributed by atoms with Crippen LogP contribution in [-0.4, -0.2) is 37.2 Å². The Balaban J connectivity index is 4.38. The van der Waals surface area contributed by atoms with Gasteiger partial charge in [-0.15, -0.1) is 0 Å². The first kappa shape index (κ1) is 50.1. The second-order valence-corrected chi connectivity index (χ2v) is 14.2. The summed E-state index contributed by atoms with van der Waals surface area (Å²) in [5, 5.41) is 0. The zero-order chi connectivity index (χ0) is 38.7. The predicted octanol–water partition coefficient (Wildman–Crippen LogP) is 13.7. The van der Waals surface area contributed by atoms with Crippen LogP contribution in [0.1, 0.15) is 201 Å². The lowest BCUT2D eigenvalue weighted by Crippen LogP contribution is -2.30. The highest BCUT2D eigenvalue weighted by molar-refractivity contribution is 5.71. The number of carbonyl (C=O) groups is 3. The van der Waals surface area contributed by atoms with Crippen molar-refractivity contribution in [2.24, 2.45) is 0 Å². The quantitative estimate of drug-likeness (QED) is 0.0271. The number of rotatable bonds is 38. The molecule has 0 aliphatic rings. The van der Waals surface area contributed by atoms with Crippen molar-refractivity contribution in [1.82, 2.24) is 0 Å². The van der Waals surface area contributed by atoms with E-state index in [9.17, 15) is 14.4 Å². The summed E-state index contributed by atoms with van der Waals surface area (Å²) in [7, 11) is 0. The van der Waals surface area contributed by atoms with E-state index in [1.165, 1.54) is 64.2 Å². The normalized spacial score (nSPS) is 12.6. The molecule has 0 saturated heterocycles. The van der Waals surface area contributed by atoms with Crippen molar-refractivity contribution in [3.63, 3.8) is 0 Å². The first-order valence-corrected chi connectivity index (χ1v) is 21.8. The molecule has 0 aliphatic carbocycles. The smallest absolute Gasteiger partial charge is 0.306 e. The number of esters is 3. The molecule has 0 radical (unpaired) electrons. The van der Waals surface area contributed by atoms with Gasteiger partial charge in [-0.2, -0.15) is 0 Å². The fraction of sp³-hybridized carbons (Fsp3) is 0.723. The maximum atomic E-state index is 12.7. The van der Waals surface area contributed by atoms with Crippen molar-refractivity contribution < 1.29 is 28.6 Å². The summed E-state index contributed by atoms with van der Waals surface area (Å²) in [6.07, 6.45) is 49.4. The van der Waals surface area contributed by atoms with E-state index in [1.54, 1.807) is 0 Å². The van der Waals surface area contributed by atoms with E-state index in [-0.39, 0.29) is 31.1 Å². The summed E-state index contributed by atoms with van der Waals surface area (Å²) in [5.74, 6) is -0.959. The third-order valence-electron chi connectivity index (χ3n) is 9.01. The minimum absolute atomic E-state index is 0.0915. The largest absolute Gasteiger partial charge is 0.462 e. The molecule has 1 atom stereocenters. The van der Waals surface area contributed by atoms with Crippen LogP contribution < -0.4 is 0 Å². The lowest BCUT2D eigenvalue weighted by atomic mass is 10.1. The van der Waals surface area contributed by atoms with Gasteiger partial charge in [0.1, 0.15) is 13.2 Å². The second-order valence-electron chi connectivity index (χ2n) is 14.2. The molecule has 0 amide bonds. The number of carbonyl (C=O) groups excluding carboxylic acids is 3. The molecule has 53 heavy (non-hydrogen) atoms. The van der Waals surface area contributed by atoms with Crippen LogP contribution >= 0.6 is 0 Å². The number of ether oxygens (including phenoxy) is 3. The molecule has 0 saturated carbocycles. The Morgan fingerprint density at radius 3 is 1.21 bits per heavy atom. The van der Waals surface area contributed by atoms with Crippen molar-refractivity contribution in [2.45, 2.75) is 207 Å². The van der Waals surface area contributed by atoms with Crippen molar-refractivity contribution in [1.29, 1.82) is 0 Å². The molecule has 0 fully saturated rings. The summed E-state index contributed by atoms with van der Waals surface area (Å²) < 4.78 is 16.6. The van der Waals surface area contributed by atoms with Gasteiger partial charge >= 0.3 is 17.9 Å². The van der Waals surface area contributed by atoms with Crippen LogP contribution in [0.25, 0.3) is 0 Å². The Morgan fingerprint density at radius 1 is 0.396 bits per heavy atom. The highest BCUT2D eigenvalue weighted by Crippen LogP contribution is 2.12. The van der Waals surface area contributed by atoms with Crippen molar-refractivity contribution >= 4 is 17.9 Å². The summed E-state index contributed by atoms with van der Waals surface area (Å²) >= 11 is 0. The summed E-state index contributed by atoms with van der Waals surface area (Å²) in [5.41, 5.74) is 0. The van der Waals surface area contributed by atoms with Gasteiger partial charge in [0, 0.05) is 19.3 Å². The van der Waals surface area contributed by atoms with Crippen molar-refractivity contribution in [3.05, 3.63) is 60.8 Å². The van der Waals surface area contributed by atoms with Gasteiger partial charge in [0.15, 0.2) is 6.10 Å². The lowest BCUT2D eigenvalue weighted by Gasteiger charge is -2.18. The zero-order valence-corrected chi connectivity index (χ0v) is 34.5. The monoisotopic (exact) mass is 741 g/mol. The van der Waals surface area contributed by atoms with Crippen LogP contribution in [-0.2, 0) is 28.6 Å². The van der Waals surface area contributed by atoms with Crippen molar-refractivity contribution in [2.75, 3.05) is 13.2 Å². The Labute approximate surface area is 326 Å². The average molecular weight is 741 g/mol. The standard InChI is InChI=1S/C47H80O6/c1-4-7-10-13-16-18-20-22-24-26-27-29-31-34-37-40-46(49)52-43-44(42-51-45(48)39-36-33-15-12-9-6-3)53-47(50)41-38-35-32-30-28-25-23-21-19-17-14-11-8-5-2/h7,10,16,18,21-24,27,29,44H,4-6,8-9,11-15,17,19-20,25-26,28,30-43H2,1-3H3/b10-7-,18-16-,23-21-,24-22-,29-27-. The predicted molar refractivity (Wildman–Crippen MR) is 224 cm³/mol.